The van der Waals surface area contributed by atoms with Gasteiger partial charge in [0, 0.05) is 0 Å². The van der Waals surface area contributed by atoms with E-state index in [0.29, 0.717) is 6.42 Å². The average molecular weight is 331 g/mol. The Morgan fingerprint density at radius 3 is 1.91 bits per heavy atom. The van der Waals surface area contributed by atoms with Crippen molar-refractivity contribution in [2.24, 2.45) is 17.6 Å². The summed E-state index contributed by atoms with van der Waals surface area (Å²) in [4.78, 5) is 35.4. The molecule has 0 fully saturated rings. The fourth-order valence-corrected chi connectivity index (χ4v) is 1.91. The molecule has 134 valence electrons. The van der Waals surface area contributed by atoms with Gasteiger partial charge in [0.25, 0.3) is 0 Å². The van der Waals surface area contributed by atoms with E-state index in [1.807, 2.05) is 20.8 Å². The molecule has 0 radical (unpaired) electrons. The van der Waals surface area contributed by atoms with Gasteiger partial charge in [-0.15, -0.1) is 0 Å². The molecule has 8 nitrogen and oxygen atoms in total. The van der Waals surface area contributed by atoms with E-state index in [0.717, 1.165) is 6.42 Å². The summed E-state index contributed by atoms with van der Waals surface area (Å²) < 4.78 is 0. The van der Waals surface area contributed by atoms with Crippen LogP contribution in [-0.2, 0) is 14.4 Å². The van der Waals surface area contributed by atoms with Gasteiger partial charge in [-0.3, -0.25) is 9.59 Å². The fraction of sp³-hybridized carbons (Fsp3) is 0.800. The highest BCUT2D eigenvalue weighted by molar-refractivity contribution is 5.92. The molecule has 0 saturated heterocycles. The van der Waals surface area contributed by atoms with E-state index in [-0.39, 0.29) is 11.8 Å². The Hall–Kier alpha value is -1.67. The Kier molecular flexibility index (Phi) is 9.43. The molecule has 5 atom stereocenters. The van der Waals surface area contributed by atoms with Crippen LogP contribution in [0.15, 0.2) is 0 Å². The van der Waals surface area contributed by atoms with Gasteiger partial charge in [0.15, 0.2) is 0 Å². The van der Waals surface area contributed by atoms with Crippen molar-refractivity contribution in [3.63, 3.8) is 0 Å². The number of amides is 2. The zero-order valence-electron chi connectivity index (χ0n) is 14.2. The van der Waals surface area contributed by atoms with Crippen molar-refractivity contribution < 1.29 is 24.6 Å². The highest BCUT2D eigenvalue weighted by Crippen LogP contribution is 2.11. The van der Waals surface area contributed by atoms with Crippen LogP contribution in [0.2, 0.25) is 0 Å². The van der Waals surface area contributed by atoms with Crippen LogP contribution in [0.1, 0.15) is 40.5 Å². The maximum absolute atomic E-state index is 12.3. The molecule has 0 aliphatic heterocycles. The number of aliphatic hydroxyl groups is 1. The lowest BCUT2D eigenvalue weighted by Crippen LogP contribution is -2.58. The van der Waals surface area contributed by atoms with Crippen LogP contribution in [0.5, 0.6) is 0 Å². The summed E-state index contributed by atoms with van der Waals surface area (Å²) >= 11 is 0. The molecule has 6 N–H and O–H groups in total. The predicted molar refractivity (Wildman–Crippen MR) is 85.5 cm³/mol. The smallest absolute Gasteiger partial charge is 0.328 e. The molecule has 0 aliphatic rings. The lowest BCUT2D eigenvalue weighted by molar-refractivity contribution is -0.143. The van der Waals surface area contributed by atoms with Gasteiger partial charge in [0.05, 0.1) is 12.6 Å². The first-order valence-corrected chi connectivity index (χ1v) is 7.89. The largest absolute Gasteiger partial charge is 0.480 e. The summed E-state index contributed by atoms with van der Waals surface area (Å²) in [5, 5.41) is 22.7. The van der Waals surface area contributed by atoms with Crippen LogP contribution >= 0.6 is 0 Å². The molecule has 0 aliphatic carbocycles. The number of hydrogen-bond acceptors (Lipinski definition) is 5. The molecule has 23 heavy (non-hydrogen) atoms. The molecule has 0 spiro atoms. The number of aliphatic carboxylic acids is 1. The van der Waals surface area contributed by atoms with Crippen LogP contribution in [0, 0.1) is 11.8 Å². The highest BCUT2D eigenvalue weighted by Gasteiger charge is 2.31. The zero-order chi connectivity index (χ0) is 18.2. The quantitative estimate of drug-likeness (QED) is 0.364. The minimum atomic E-state index is -1.41. The summed E-state index contributed by atoms with van der Waals surface area (Å²) in [6.45, 7) is 6.65. The maximum Gasteiger partial charge on any atom is 0.328 e. The van der Waals surface area contributed by atoms with Gasteiger partial charge in [-0.05, 0) is 11.8 Å². The predicted octanol–water partition coefficient (Wildman–Crippen LogP) is -0.548. The standard InChI is InChI=1S/C15H29N3O5/c1-5-8(3)11(16)13(20)18-12(9(4)6-2)14(21)17-10(7-19)15(22)23/h8-12,19H,5-7,16H2,1-4H3,(H,17,21)(H,18,20)(H,22,23). The minimum Gasteiger partial charge on any atom is -0.480 e. The van der Waals surface area contributed by atoms with E-state index in [4.69, 9.17) is 15.9 Å². The second-order valence-corrected chi connectivity index (χ2v) is 5.87. The summed E-state index contributed by atoms with van der Waals surface area (Å²) in [6, 6.07) is -3.06. The van der Waals surface area contributed by atoms with E-state index in [1.54, 1.807) is 6.92 Å². The Bertz CT molecular complexity index is 416. The molecule has 0 heterocycles. The first kappa shape index (κ1) is 21.3. The maximum atomic E-state index is 12.3. The molecule has 5 unspecified atom stereocenters. The second kappa shape index (κ2) is 10.2. The molecule has 0 rings (SSSR count). The molecular formula is C15H29N3O5. The molecule has 0 aromatic heterocycles. The number of carbonyl (C=O) groups is 3. The molecule has 0 bridgehead atoms. The number of carboxylic acids is 1. The van der Waals surface area contributed by atoms with Crippen molar-refractivity contribution in [1.29, 1.82) is 0 Å². The third-order valence-electron chi connectivity index (χ3n) is 4.15. The highest BCUT2D eigenvalue weighted by atomic mass is 16.4. The molecule has 0 saturated carbocycles. The van der Waals surface area contributed by atoms with Crippen molar-refractivity contribution in [2.75, 3.05) is 6.61 Å². The third kappa shape index (κ3) is 6.54. The van der Waals surface area contributed by atoms with Gasteiger partial charge < -0.3 is 26.6 Å². The SMILES string of the molecule is CCC(C)C(N)C(=O)NC(C(=O)NC(CO)C(=O)O)C(C)CC. The van der Waals surface area contributed by atoms with Crippen molar-refractivity contribution in [3.8, 4) is 0 Å². The van der Waals surface area contributed by atoms with E-state index >= 15 is 0 Å². The van der Waals surface area contributed by atoms with Crippen LogP contribution in [0.4, 0.5) is 0 Å². The Morgan fingerprint density at radius 1 is 1.00 bits per heavy atom. The summed E-state index contributed by atoms with van der Waals surface area (Å²) in [6.07, 6.45) is 1.33. The first-order chi connectivity index (χ1) is 10.7. The van der Waals surface area contributed by atoms with Crippen molar-refractivity contribution in [2.45, 2.75) is 58.7 Å². The van der Waals surface area contributed by atoms with Gasteiger partial charge in [-0.2, -0.15) is 0 Å². The van der Waals surface area contributed by atoms with E-state index in [1.165, 1.54) is 0 Å². The molecule has 0 aromatic carbocycles. The Labute approximate surface area is 136 Å². The van der Waals surface area contributed by atoms with E-state index in [2.05, 4.69) is 10.6 Å². The van der Waals surface area contributed by atoms with Crippen LogP contribution in [0.3, 0.4) is 0 Å². The van der Waals surface area contributed by atoms with E-state index in [9.17, 15) is 14.4 Å². The summed E-state index contributed by atoms with van der Waals surface area (Å²) in [5.74, 6) is -2.69. The topological polar surface area (TPSA) is 142 Å². The van der Waals surface area contributed by atoms with Gasteiger partial charge in [-0.25, -0.2) is 4.79 Å². The number of nitrogens with one attached hydrogen (secondary N) is 2. The van der Waals surface area contributed by atoms with Crippen LogP contribution in [-0.4, -0.2) is 52.7 Å². The first-order valence-electron chi connectivity index (χ1n) is 7.89. The monoisotopic (exact) mass is 331 g/mol. The molecule has 8 heteroatoms. The van der Waals surface area contributed by atoms with Crippen molar-refractivity contribution >= 4 is 17.8 Å². The Balaban J connectivity index is 5.05. The molecular weight excluding hydrogens is 302 g/mol. The number of hydrogen-bond donors (Lipinski definition) is 5. The lowest BCUT2D eigenvalue weighted by Gasteiger charge is -2.27. The van der Waals surface area contributed by atoms with Crippen LogP contribution in [0.25, 0.3) is 0 Å². The van der Waals surface area contributed by atoms with Crippen molar-refractivity contribution in [1.82, 2.24) is 10.6 Å². The van der Waals surface area contributed by atoms with Crippen molar-refractivity contribution in [3.05, 3.63) is 0 Å². The van der Waals surface area contributed by atoms with Gasteiger partial charge in [0.2, 0.25) is 11.8 Å². The lowest BCUT2D eigenvalue weighted by atomic mass is 9.95. The molecule has 2 amide bonds. The Morgan fingerprint density at radius 2 is 1.52 bits per heavy atom. The number of rotatable bonds is 10. The number of aliphatic hydroxyl groups excluding tert-OH is 1. The zero-order valence-corrected chi connectivity index (χ0v) is 14.2. The summed E-state index contributed by atoms with van der Waals surface area (Å²) in [7, 11) is 0. The van der Waals surface area contributed by atoms with Gasteiger partial charge >= 0.3 is 5.97 Å². The van der Waals surface area contributed by atoms with E-state index < -0.39 is 42.5 Å². The van der Waals surface area contributed by atoms with Gasteiger partial charge in [-0.1, -0.05) is 40.5 Å². The second-order valence-electron chi connectivity index (χ2n) is 5.87. The number of carboxylic acid groups (broad SMARTS) is 1. The normalized spacial score (nSPS) is 17.5. The summed E-state index contributed by atoms with van der Waals surface area (Å²) in [5.41, 5.74) is 5.86. The third-order valence-corrected chi connectivity index (χ3v) is 4.15. The minimum absolute atomic E-state index is 0.0418. The fourth-order valence-electron chi connectivity index (χ4n) is 1.91. The number of nitrogens with two attached hydrogens (primary N) is 1. The van der Waals surface area contributed by atoms with Gasteiger partial charge in [0.1, 0.15) is 12.1 Å². The van der Waals surface area contributed by atoms with Crippen LogP contribution < -0.4 is 16.4 Å². The number of carbonyl (C=O) groups excluding carboxylic acids is 2. The average Bonchev–Trinajstić information content (AvgIpc) is 2.54. The molecule has 0 aromatic rings.